The molecule has 108 valence electrons. The van der Waals surface area contributed by atoms with E-state index in [0.29, 0.717) is 11.3 Å². The lowest BCUT2D eigenvalue weighted by atomic mass is 9.83. The van der Waals surface area contributed by atoms with Crippen molar-refractivity contribution in [2.45, 2.75) is 6.92 Å². The van der Waals surface area contributed by atoms with Crippen LogP contribution in [0.5, 0.6) is 5.75 Å². The monoisotopic (exact) mass is 284 g/mol. The Balaban J connectivity index is 2.20. The fraction of sp³-hybridized carbons (Fsp3) is 0.176. The highest BCUT2D eigenvalue weighted by Gasteiger charge is 2.42. The molecule has 2 aromatic rings. The summed E-state index contributed by atoms with van der Waals surface area (Å²) in [5, 5.41) is 9.44. The fourth-order valence-corrected chi connectivity index (χ4v) is 1.88. The standard InChI is InChI=1S/C17H16O4/c1-17(16(19)20,12-21-14-10-6-3-7-11-14)15(18)13-8-4-2-5-9-13/h2-11H,12H2,1H3,(H,19,20). The lowest BCUT2D eigenvalue weighted by Gasteiger charge is -2.23. The number of carboxylic acids is 1. The molecule has 0 aliphatic heterocycles. The smallest absolute Gasteiger partial charge is 0.320 e. The summed E-state index contributed by atoms with van der Waals surface area (Å²) in [6.45, 7) is 1.16. The number of benzene rings is 2. The number of ketones is 1. The third kappa shape index (κ3) is 3.28. The Labute approximate surface area is 123 Å². The van der Waals surface area contributed by atoms with Gasteiger partial charge in [0.2, 0.25) is 0 Å². The molecule has 21 heavy (non-hydrogen) atoms. The number of para-hydroxylation sites is 1. The van der Waals surface area contributed by atoms with Crippen LogP contribution in [0.4, 0.5) is 0 Å². The molecule has 0 bridgehead atoms. The lowest BCUT2D eigenvalue weighted by Crippen LogP contribution is -2.41. The minimum atomic E-state index is -1.63. The minimum absolute atomic E-state index is 0.222. The van der Waals surface area contributed by atoms with E-state index in [4.69, 9.17) is 4.74 Å². The summed E-state index contributed by atoms with van der Waals surface area (Å²) in [6.07, 6.45) is 0. The van der Waals surface area contributed by atoms with E-state index in [-0.39, 0.29) is 6.61 Å². The van der Waals surface area contributed by atoms with E-state index in [9.17, 15) is 14.7 Å². The van der Waals surface area contributed by atoms with Crippen LogP contribution in [0.2, 0.25) is 0 Å². The number of aliphatic carboxylic acids is 1. The van der Waals surface area contributed by atoms with Crippen molar-refractivity contribution in [2.75, 3.05) is 6.61 Å². The molecule has 1 N–H and O–H groups in total. The zero-order valence-electron chi connectivity index (χ0n) is 11.7. The van der Waals surface area contributed by atoms with Crippen LogP contribution in [0.1, 0.15) is 17.3 Å². The number of hydrogen-bond donors (Lipinski definition) is 1. The van der Waals surface area contributed by atoms with Gasteiger partial charge in [0.15, 0.2) is 11.2 Å². The van der Waals surface area contributed by atoms with Gasteiger partial charge in [-0.25, -0.2) is 0 Å². The van der Waals surface area contributed by atoms with Crippen LogP contribution in [-0.4, -0.2) is 23.5 Å². The van der Waals surface area contributed by atoms with Crippen LogP contribution in [0, 0.1) is 5.41 Å². The van der Waals surface area contributed by atoms with Crippen molar-refractivity contribution >= 4 is 11.8 Å². The summed E-state index contributed by atoms with van der Waals surface area (Å²) < 4.78 is 5.47. The second-order valence-corrected chi connectivity index (χ2v) is 4.93. The van der Waals surface area contributed by atoms with Gasteiger partial charge in [0, 0.05) is 5.56 Å². The van der Waals surface area contributed by atoms with Gasteiger partial charge in [0.1, 0.15) is 12.4 Å². The van der Waals surface area contributed by atoms with Crippen LogP contribution in [0.25, 0.3) is 0 Å². The molecule has 0 spiro atoms. The van der Waals surface area contributed by atoms with E-state index in [2.05, 4.69) is 0 Å². The molecule has 4 heteroatoms. The molecular weight excluding hydrogens is 268 g/mol. The van der Waals surface area contributed by atoms with Crippen molar-refractivity contribution in [3.05, 3.63) is 66.2 Å². The molecule has 0 saturated carbocycles. The summed E-state index contributed by atoms with van der Waals surface area (Å²) in [6, 6.07) is 17.2. The Morgan fingerprint density at radius 1 is 1.00 bits per heavy atom. The molecular formula is C17H16O4. The molecule has 0 fully saturated rings. The van der Waals surface area contributed by atoms with Gasteiger partial charge < -0.3 is 9.84 Å². The summed E-state index contributed by atoms with van der Waals surface area (Å²) in [5.41, 5.74) is -1.27. The molecule has 0 amide bonds. The Kier molecular flexibility index (Phi) is 4.38. The molecule has 0 radical (unpaired) electrons. The number of hydrogen-bond acceptors (Lipinski definition) is 3. The van der Waals surface area contributed by atoms with Crippen molar-refractivity contribution in [2.24, 2.45) is 5.41 Å². The van der Waals surface area contributed by atoms with Crippen LogP contribution in [0.15, 0.2) is 60.7 Å². The van der Waals surface area contributed by atoms with E-state index in [1.807, 2.05) is 6.07 Å². The van der Waals surface area contributed by atoms with E-state index < -0.39 is 17.2 Å². The zero-order valence-corrected chi connectivity index (χ0v) is 11.7. The van der Waals surface area contributed by atoms with Crippen molar-refractivity contribution < 1.29 is 19.4 Å². The topological polar surface area (TPSA) is 63.6 Å². The van der Waals surface area contributed by atoms with E-state index in [1.54, 1.807) is 54.6 Å². The van der Waals surface area contributed by atoms with Gasteiger partial charge in [-0.2, -0.15) is 0 Å². The summed E-state index contributed by atoms with van der Waals surface area (Å²) in [5.74, 6) is -1.13. The number of carboxylic acid groups (broad SMARTS) is 1. The molecule has 0 saturated heterocycles. The van der Waals surface area contributed by atoms with Crippen molar-refractivity contribution in [1.82, 2.24) is 0 Å². The van der Waals surface area contributed by atoms with E-state index in [1.165, 1.54) is 6.92 Å². The quantitative estimate of drug-likeness (QED) is 0.654. The Hall–Kier alpha value is -2.62. The second-order valence-electron chi connectivity index (χ2n) is 4.93. The number of ether oxygens (including phenoxy) is 1. The summed E-state index contributed by atoms with van der Waals surface area (Å²) >= 11 is 0. The first-order valence-corrected chi connectivity index (χ1v) is 6.55. The molecule has 4 nitrogen and oxygen atoms in total. The Bertz CT molecular complexity index is 622. The maximum absolute atomic E-state index is 12.5. The lowest BCUT2D eigenvalue weighted by molar-refractivity contribution is -0.146. The summed E-state index contributed by atoms with van der Waals surface area (Å²) in [4.78, 5) is 24.0. The first-order valence-electron chi connectivity index (χ1n) is 6.55. The zero-order chi connectivity index (χ0) is 15.3. The normalized spacial score (nSPS) is 13.2. The number of Topliss-reactive ketones (excluding diaryl/α,β-unsaturated/α-hetero) is 1. The van der Waals surface area contributed by atoms with Crippen molar-refractivity contribution in [1.29, 1.82) is 0 Å². The highest BCUT2D eigenvalue weighted by Crippen LogP contribution is 2.25. The van der Waals surface area contributed by atoms with Gasteiger partial charge in [0.25, 0.3) is 0 Å². The summed E-state index contributed by atoms with van der Waals surface area (Å²) in [7, 11) is 0. The van der Waals surface area contributed by atoms with Gasteiger partial charge in [0.05, 0.1) is 0 Å². The van der Waals surface area contributed by atoms with Crippen LogP contribution in [-0.2, 0) is 4.79 Å². The van der Waals surface area contributed by atoms with Gasteiger partial charge >= 0.3 is 5.97 Å². The highest BCUT2D eigenvalue weighted by molar-refractivity contribution is 6.11. The second kappa shape index (κ2) is 6.22. The van der Waals surface area contributed by atoms with E-state index in [0.717, 1.165) is 0 Å². The predicted molar refractivity (Wildman–Crippen MR) is 78.5 cm³/mol. The first-order chi connectivity index (χ1) is 10.0. The Morgan fingerprint density at radius 3 is 2.05 bits per heavy atom. The predicted octanol–water partition coefficient (Wildman–Crippen LogP) is 3.04. The van der Waals surface area contributed by atoms with Crippen LogP contribution >= 0.6 is 0 Å². The van der Waals surface area contributed by atoms with Gasteiger partial charge in [-0.1, -0.05) is 48.5 Å². The molecule has 0 aromatic heterocycles. The number of rotatable bonds is 6. The molecule has 0 heterocycles. The van der Waals surface area contributed by atoms with Gasteiger partial charge in [-0.3, -0.25) is 9.59 Å². The molecule has 2 rings (SSSR count). The third-order valence-corrected chi connectivity index (χ3v) is 3.28. The SMILES string of the molecule is CC(COc1ccccc1)(C(=O)O)C(=O)c1ccccc1. The molecule has 0 aliphatic carbocycles. The van der Waals surface area contributed by atoms with E-state index >= 15 is 0 Å². The maximum Gasteiger partial charge on any atom is 0.320 e. The largest absolute Gasteiger partial charge is 0.492 e. The third-order valence-electron chi connectivity index (χ3n) is 3.28. The van der Waals surface area contributed by atoms with Crippen LogP contribution in [0.3, 0.4) is 0 Å². The molecule has 2 aromatic carbocycles. The van der Waals surface area contributed by atoms with Gasteiger partial charge in [-0.05, 0) is 19.1 Å². The molecule has 1 unspecified atom stereocenters. The highest BCUT2D eigenvalue weighted by atomic mass is 16.5. The average molecular weight is 284 g/mol. The van der Waals surface area contributed by atoms with Crippen molar-refractivity contribution in [3.63, 3.8) is 0 Å². The average Bonchev–Trinajstić information content (AvgIpc) is 2.53. The molecule has 1 atom stereocenters. The molecule has 0 aliphatic rings. The fourth-order valence-electron chi connectivity index (χ4n) is 1.88. The maximum atomic E-state index is 12.5. The van der Waals surface area contributed by atoms with Crippen LogP contribution < -0.4 is 4.74 Å². The number of carbonyl (C=O) groups excluding carboxylic acids is 1. The number of carbonyl (C=O) groups is 2. The van der Waals surface area contributed by atoms with Gasteiger partial charge in [-0.15, -0.1) is 0 Å². The first kappa shape index (κ1) is 14.8. The minimum Gasteiger partial charge on any atom is -0.492 e. The Morgan fingerprint density at radius 2 is 1.52 bits per heavy atom. The van der Waals surface area contributed by atoms with Crippen molar-refractivity contribution in [3.8, 4) is 5.75 Å².